The Morgan fingerprint density at radius 1 is 1.00 bits per heavy atom. The van der Waals surface area contributed by atoms with Gasteiger partial charge in [0.05, 0.1) is 11.3 Å². The molecule has 6 heteroatoms. The minimum absolute atomic E-state index is 0.0570. The maximum atomic E-state index is 12.6. The molecule has 0 aliphatic carbocycles. The van der Waals surface area contributed by atoms with Crippen molar-refractivity contribution in [2.24, 2.45) is 0 Å². The van der Waals surface area contributed by atoms with Crippen molar-refractivity contribution >= 4 is 29.4 Å². The molecule has 2 rings (SSSR count). The Morgan fingerprint density at radius 3 is 2.28 bits per heavy atom. The van der Waals surface area contributed by atoms with Gasteiger partial charge in [-0.15, -0.1) is 11.8 Å². The fourth-order valence-electron chi connectivity index (χ4n) is 2.69. The van der Waals surface area contributed by atoms with Crippen molar-refractivity contribution in [1.82, 2.24) is 5.32 Å². The molecule has 0 unspecified atom stereocenters. The minimum Gasteiger partial charge on any atom is -0.451 e. The third-order valence-corrected chi connectivity index (χ3v) is 5.29. The first-order valence-electron chi connectivity index (χ1n) is 9.67. The van der Waals surface area contributed by atoms with E-state index in [4.69, 9.17) is 4.74 Å². The quantitative estimate of drug-likeness (QED) is 0.377. The predicted molar refractivity (Wildman–Crippen MR) is 115 cm³/mol. The van der Waals surface area contributed by atoms with E-state index < -0.39 is 12.1 Å². The van der Waals surface area contributed by atoms with E-state index in [9.17, 15) is 14.4 Å². The van der Waals surface area contributed by atoms with Crippen molar-refractivity contribution in [1.29, 1.82) is 0 Å². The van der Waals surface area contributed by atoms with Crippen LogP contribution in [0.15, 0.2) is 53.4 Å². The van der Waals surface area contributed by atoms with Crippen LogP contribution in [0.4, 0.5) is 0 Å². The number of amides is 1. The van der Waals surface area contributed by atoms with Gasteiger partial charge < -0.3 is 10.1 Å². The molecule has 1 N–H and O–H groups in total. The Balaban J connectivity index is 2.04. The molecule has 0 fully saturated rings. The van der Waals surface area contributed by atoms with Gasteiger partial charge in [0.1, 0.15) is 0 Å². The predicted octanol–water partition coefficient (Wildman–Crippen LogP) is 4.29. The first kappa shape index (κ1) is 22.7. The average molecular weight is 414 g/mol. The summed E-state index contributed by atoms with van der Waals surface area (Å²) in [6.45, 7) is 7.40. The van der Waals surface area contributed by atoms with Crippen molar-refractivity contribution in [3.8, 4) is 0 Å². The second-order valence-electron chi connectivity index (χ2n) is 6.97. The summed E-state index contributed by atoms with van der Waals surface area (Å²) in [7, 11) is 0. The molecule has 5 nitrogen and oxygen atoms in total. The number of nitrogens with one attached hydrogen (secondary N) is 1. The van der Waals surface area contributed by atoms with Gasteiger partial charge in [0.25, 0.3) is 0 Å². The van der Waals surface area contributed by atoms with Crippen LogP contribution >= 0.6 is 11.8 Å². The number of carbonyl (C=O) groups is 3. The van der Waals surface area contributed by atoms with Gasteiger partial charge >= 0.3 is 5.97 Å². The fourth-order valence-corrected chi connectivity index (χ4v) is 3.54. The molecular weight excluding hydrogens is 386 g/mol. The van der Waals surface area contributed by atoms with E-state index in [0.717, 1.165) is 12.0 Å². The molecule has 0 spiro atoms. The standard InChI is InChI=1S/C23H27NO4S/c1-5-17-10-12-18(13-11-17)22(26)16(4)28-23(27)19-8-6-7-9-20(19)29-14-21(25)24-15(2)3/h6-13,15-16H,5,14H2,1-4H3,(H,24,25)/t16-/m1/s1. The Bertz CT molecular complexity index is 861. The van der Waals surface area contributed by atoms with Crippen LogP contribution in [-0.4, -0.2) is 35.6 Å². The Hall–Kier alpha value is -2.60. The SMILES string of the molecule is CCc1ccc(C(=O)[C@@H](C)OC(=O)c2ccccc2SCC(=O)NC(C)C)cc1. The van der Waals surface area contributed by atoms with Crippen LogP contribution in [0.5, 0.6) is 0 Å². The third-order valence-electron chi connectivity index (χ3n) is 4.22. The van der Waals surface area contributed by atoms with Crippen LogP contribution in [0.2, 0.25) is 0 Å². The molecule has 0 aliphatic rings. The zero-order valence-corrected chi connectivity index (χ0v) is 18.0. The number of ether oxygens (including phenoxy) is 1. The third kappa shape index (κ3) is 6.75. The molecule has 0 bridgehead atoms. The van der Waals surface area contributed by atoms with Crippen LogP contribution < -0.4 is 5.32 Å². The molecule has 1 amide bonds. The summed E-state index contributed by atoms with van der Waals surface area (Å²) in [5.74, 6) is -0.737. The average Bonchev–Trinajstić information content (AvgIpc) is 2.71. The molecule has 154 valence electrons. The van der Waals surface area contributed by atoms with Crippen LogP contribution in [0, 0.1) is 0 Å². The summed E-state index contributed by atoms with van der Waals surface area (Å²) < 4.78 is 5.42. The van der Waals surface area contributed by atoms with Crippen molar-refractivity contribution in [2.45, 2.75) is 51.2 Å². The van der Waals surface area contributed by atoms with Gasteiger partial charge in [-0.05, 0) is 44.9 Å². The molecule has 0 heterocycles. The highest BCUT2D eigenvalue weighted by atomic mass is 32.2. The fraction of sp³-hybridized carbons (Fsp3) is 0.348. The van der Waals surface area contributed by atoms with E-state index >= 15 is 0 Å². The van der Waals surface area contributed by atoms with Crippen LogP contribution in [0.3, 0.4) is 0 Å². The Morgan fingerprint density at radius 2 is 1.66 bits per heavy atom. The zero-order valence-electron chi connectivity index (χ0n) is 17.2. The molecule has 0 radical (unpaired) electrons. The van der Waals surface area contributed by atoms with Crippen molar-refractivity contribution in [3.63, 3.8) is 0 Å². The zero-order chi connectivity index (χ0) is 21.4. The number of hydrogen-bond acceptors (Lipinski definition) is 5. The van der Waals surface area contributed by atoms with Gasteiger partial charge in [0, 0.05) is 16.5 Å². The lowest BCUT2D eigenvalue weighted by molar-refractivity contribution is -0.119. The topological polar surface area (TPSA) is 72.5 Å². The highest BCUT2D eigenvalue weighted by Gasteiger charge is 2.22. The van der Waals surface area contributed by atoms with Crippen molar-refractivity contribution in [3.05, 3.63) is 65.2 Å². The molecule has 1 atom stereocenters. The van der Waals surface area contributed by atoms with Gasteiger partial charge in [0.2, 0.25) is 11.7 Å². The lowest BCUT2D eigenvalue weighted by atomic mass is 10.0. The summed E-state index contributed by atoms with van der Waals surface area (Å²) in [4.78, 5) is 37.8. The first-order valence-corrected chi connectivity index (χ1v) is 10.7. The maximum absolute atomic E-state index is 12.6. The summed E-state index contributed by atoms with van der Waals surface area (Å²) in [6.07, 6.45) is -0.0138. The number of Topliss-reactive ketones (excluding diaryl/α,β-unsaturated/α-hetero) is 1. The van der Waals surface area contributed by atoms with Gasteiger partial charge in [-0.25, -0.2) is 4.79 Å². The number of hydrogen-bond donors (Lipinski definition) is 1. The van der Waals surface area contributed by atoms with Gasteiger partial charge in [-0.3, -0.25) is 9.59 Å². The lowest BCUT2D eigenvalue weighted by Gasteiger charge is -2.14. The van der Waals surface area contributed by atoms with Gasteiger partial charge in [-0.2, -0.15) is 0 Å². The highest BCUT2D eigenvalue weighted by Crippen LogP contribution is 2.24. The first-order chi connectivity index (χ1) is 13.8. The number of benzene rings is 2. The summed E-state index contributed by atoms with van der Waals surface area (Å²) >= 11 is 1.26. The number of aryl methyl sites for hydroxylation is 1. The van der Waals surface area contributed by atoms with E-state index in [0.29, 0.717) is 16.0 Å². The van der Waals surface area contributed by atoms with Crippen LogP contribution in [0.25, 0.3) is 0 Å². The second-order valence-corrected chi connectivity index (χ2v) is 7.99. The van der Waals surface area contributed by atoms with E-state index in [2.05, 4.69) is 5.32 Å². The van der Waals surface area contributed by atoms with E-state index in [1.54, 1.807) is 43.3 Å². The molecule has 2 aromatic carbocycles. The lowest BCUT2D eigenvalue weighted by Crippen LogP contribution is -2.31. The number of esters is 1. The number of rotatable bonds is 9. The Labute approximate surface area is 176 Å². The molecule has 2 aromatic rings. The summed E-state index contributed by atoms with van der Waals surface area (Å²) in [5.41, 5.74) is 1.99. The van der Waals surface area contributed by atoms with E-state index in [1.807, 2.05) is 32.9 Å². The minimum atomic E-state index is -0.905. The van der Waals surface area contributed by atoms with Gasteiger partial charge in [0.15, 0.2) is 6.10 Å². The largest absolute Gasteiger partial charge is 0.451 e. The number of carbonyl (C=O) groups excluding carboxylic acids is 3. The van der Waals surface area contributed by atoms with E-state index in [1.165, 1.54) is 11.8 Å². The molecule has 29 heavy (non-hydrogen) atoms. The molecule has 0 aromatic heterocycles. The summed E-state index contributed by atoms with van der Waals surface area (Å²) in [5, 5.41) is 2.81. The molecule has 0 saturated heterocycles. The van der Waals surface area contributed by atoms with Crippen LogP contribution in [0.1, 0.15) is 54.0 Å². The Kier molecular flexibility index (Phi) is 8.46. The number of ketones is 1. The normalized spacial score (nSPS) is 11.8. The smallest absolute Gasteiger partial charge is 0.339 e. The highest BCUT2D eigenvalue weighted by molar-refractivity contribution is 8.00. The van der Waals surface area contributed by atoms with Crippen molar-refractivity contribution < 1.29 is 19.1 Å². The van der Waals surface area contributed by atoms with E-state index in [-0.39, 0.29) is 23.5 Å². The second kappa shape index (κ2) is 10.8. The molecule has 0 saturated carbocycles. The van der Waals surface area contributed by atoms with Crippen LogP contribution in [-0.2, 0) is 16.0 Å². The molecule has 0 aliphatic heterocycles. The van der Waals surface area contributed by atoms with Gasteiger partial charge in [-0.1, -0.05) is 43.3 Å². The number of thioether (sulfide) groups is 1. The molecular formula is C23H27NO4S. The van der Waals surface area contributed by atoms with Crippen molar-refractivity contribution in [2.75, 3.05) is 5.75 Å². The monoisotopic (exact) mass is 413 g/mol. The summed E-state index contributed by atoms with van der Waals surface area (Å²) in [6, 6.07) is 14.3. The maximum Gasteiger partial charge on any atom is 0.339 e.